The summed E-state index contributed by atoms with van der Waals surface area (Å²) in [4.78, 5) is 16.3. The number of halogens is 2. The zero-order chi connectivity index (χ0) is 20.2. The molecule has 1 aromatic heterocycles. The molecule has 0 saturated carbocycles. The summed E-state index contributed by atoms with van der Waals surface area (Å²) in [5.74, 6) is 1.27. The van der Waals surface area contributed by atoms with Crippen LogP contribution in [0.25, 0.3) is 11.3 Å². The Kier molecular flexibility index (Phi) is 5.67. The van der Waals surface area contributed by atoms with Crippen LogP contribution in [-0.4, -0.2) is 24.1 Å². The normalized spacial score (nSPS) is 12.6. The second kappa shape index (κ2) is 8.53. The Morgan fingerprint density at radius 3 is 2.90 bits per heavy atom. The van der Waals surface area contributed by atoms with Crippen LogP contribution in [0.1, 0.15) is 17.9 Å². The summed E-state index contributed by atoms with van der Waals surface area (Å²) in [7, 11) is 0. The summed E-state index contributed by atoms with van der Waals surface area (Å²) in [5, 5.41) is 3.28. The molecule has 0 unspecified atom stereocenters. The molecule has 8 heteroatoms. The van der Waals surface area contributed by atoms with Crippen LogP contribution >= 0.6 is 11.6 Å². The number of nitrogens with one attached hydrogen (secondary N) is 1. The summed E-state index contributed by atoms with van der Waals surface area (Å²) in [6, 6.07) is 9.84. The lowest BCUT2D eigenvalue weighted by molar-refractivity contribution is -0.121. The van der Waals surface area contributed by atoms with Crippen LogP contribution in [0.15, 0.2) is 47.0 Å². The third-order valence-electron chi connectivity index (χ3n) is 4.41. The quantitative estimate of drug-likeness (QED) is 0.653. The van der Waals surface area contributed by atoms with E-state index in [0.29, 0.717) is 59.9 Å². The van der Waals surface area contributed by atoms with Gasteiger partial charge in [0.25, 0.3) is 0 Å². The van der Waals surface area contributed by atoms with E-state index in [2.05, 4.69) is 10.3 Å². The van der Waals surface area contributed by atoms with Gasteiger partial charge in [0, 0.05) is 19.4 Å². The molecule has 0 atom stereocenters. The number of hydrogen-bond donors (Lipinski definition) is 1. The molecule has 0 spiro atoms. The molecule has 0 bridgehead atoms. The zero-order valence-electron chi connectivity index (χ0n) is 15.4. The van der Waals surface area contributed by atoms with Gasteiger partial charge >= 0.3 is 0 Å². The Bertz CT molecular complexity index is 1040. The third kappa shape index (κ3) is 4.51. The fourth-order valence-corrected chi connectivity index (χ4v) is 3.28. The van der Waals surface area contributed by atoms with E-state index in [1.165, 1.54) is 12.3 Å². The number of oxazole rings is 1. The Morgan fingerprint density at radius 1 is 1.21 bits per heavy atom. The second-order valence-corrected chi connectivity index (χ2v) is 6.88. The molecule has 150 valence electrons. The fraction of sp³-hybridized carbons (Fsp3) is 0.238. The summed E-state index contributed by atoms with van der Waals surface area (Å²) in [5.41, 5.74) is 1.15. The second-order valence-electron chi connectivity index (χ2n) is 6.48. The topological polar surface area (TPSA) is 73.6 Å². The molecule has 1 N–H and O–H groups in total. The van der Waals surface area contributed by atoms with E-state index in [1.807, 2.05) is 0 Å². The van der Waals surface area contributed by atoms with Crippen molar-refractivity contribution in [1.29, 1.82) is 0 Å². The summed E-state index contributed by atoms with van der Waals surface area (Å²) in [6.45, 7) is 1.23. The number of nitrogens with zero attached hydrogens (tertiary/aromatic N) is 1. The van der Waals surface area contributed by atoms with Crippen LogP contribution in [0.4, 0.5) is 4.39 Å². The van der Waals surface area contributed by atoms with Crippen LogP contribution in [0.2, 0.25) is 5.02 Å². The van der Waals surface area contributed by atoms with E-state index in [9.17, 15) is 9.18 Å². The average Bonchev–Trinajstić information content (AvgIpc) is 3.20. The molecule has 3 aromatic rings. The molecule has 29 heavy (non-hydrogen) atoms. The standard InChI is InChI=1S/C21H18ClFN2O4/c22-15-9-13(10-17-21(15)28-8-7-27-17)11-24-19(26)5-6-20-25-12-18(29-20)14-3-1-2-4-16(14)23/h1-4,9-10,12H,5-8,11H2,(H,24,26). The highest BCUT2D eigenvalue weighted by atomic mass is 35.5. The fourth-order valence-electron chi connectivity index (χ4n) is 2.99. The number of carbonyl (C=O) groups excluding carboxylic acids is 1. The Labute approximate surface area is 171 Å². The van der Waals surface area contributed by atoms with E-state index >= 15 is 0 Å². The van der Waals surface area contributed by atoms with Crippen LogP contribution < -0.4 is 14.8 Å². The zero-order valence-corrected chi connectivity index (χ0v) is 16.2. The van der Waals surface area contributed by atoms with E-state index < -0.39 is 0 Å². The monoisotopic (exact) mass is 416 g/mol. The molecular weight excluding hydrogens is 399 g/mol. The smallest absolute Gasteiger partial charge is 0.220 e. The Hall–Kier alpha value is -3.06. The highest BCUT2D eigenvalue weighted by Crippen LogP contribution is 2.38. The number of benzene rings is 2. The largest absolute Gasteiger partial charge is 0.486 e. The summed E-state index contributed by atoms with van der Waals surface area (Å²) < 4.78 is 30.4. The van der Waals surface area contributed by atoms with Crippen molar-refractivity contribution in [1.82, 2.24) is 10.3 Å². The average molecular weight is 417 g/mol. The molecule has 0 radical (unpaired) electrons. The van der Waals surface area contributed by atoms with Crippen molar-refractivity contribution in [2.45, 2.75) is 19.4 Å². The third-order valence-corrected chi connectivity index (χ3v) is 4.69. The molecule has 1 aliphatic heterocycles. The molecule has 0 aliphatic carbocycles. The van der Waals surface area contributed by atoms with E-state index in [4.69, 9.17) is 25.5 Å². The van der Waals surface area contributed by atoms with Gasteiger partial charge in [-0.2, -0.15) is 0 Å². The number of hydrogen-bond acceptors (Lipinski definition) is 5. The van der Waals surface area contributed by atoms with E-state index in [-0.39, 0.29) is 18.1 Å². The number of ether oxygens (including phenoxy) is 2. The van der Waals surface area contributed by atoms with Gasteiger partial charge in [-0.3, -0.25) is 4.79 Å². The molecule has 0 saturated heterocycles. The predicted octanol–water partition coefficient (Wildman–Crippen LogP) is 4.15. The Morgan fingerprint density at radius 2 is 2.03 bits per heavy atom. The highest BCUT2D eigenvalue weighted by molar-refractivity contribution is 6.32. The molecule has 1 aliphatic rings. The summed E-state index contributed by atoms with van der Waals surface area (Å²) >= 11 is 6.20. The molecule has 1 amide bonds. The number of carbonyl (C=O) groups is 1. The lowest BCUT2D eigenvalue weighted by Crippen LogP contribution is -2.23. The SMILES string of the molecule is O=C(CCc1ncc(-c2ccccc2F)o1)NCc1cc(Cl)c2c(c1)OCCO2. The number of aryl methyl sites for hydroxylation is 1. The number of amides is 1. The molecule has 0 fully saturated rings. The summed E-state index contributed by atoms with van der Waals surface area (Å²) in [6.07, 6.45) is 1.96. The highest BCUT2D eigenvalue weighted by Gasteiger charge is 2.17. The van der Waals surface area contributed by atoms with E-state index in [0.717, 1.165) is 5.56 Å². The van der Waals surface area contributed by atoms with Crippen LogP contribution in [0, 0.1) is 5.82 Å². The van der Waals surface area contributed by atoms with Gasteiger partial charge in [0.15, 0.2) is 23.1 Å². The van der Waals surface area contributed by atoms with Gasteiger partial charge in [0.2, 0.25) is 5.91 Å². The van der Waals surface area contributed by atoms with Crippen LogP contribution in [-0.2, 0) is 17.8 Å². The lowest BCUT2D eigenvalue weighted by atomic mass is 10.2. The number of fused-ring (bicyclic) bond motifs is 1. The maximum Gasteiger partial charge on any atom is 0.220 e. The first-order valence-corrected chi connectivity index (χ1v) is 9.52. The van der Waals surface area contributed by atoms with Crippen molar-refractivity contribution < 1.29 is 23.1 Å². The van der Waals surface area contributed by atoms with Gasteiger partial charge in [-0.25, -0.2) is 9.37 Å². The lowest BCUT2D eigenvalue weighted by Gasteiger charge is -2.20. The number of aromatic nitrogens is 1. The van der Waals surface area contributed by atoms with Crippen molar-refractivity contribution in [3.8, 4) is 22.8 Å². The van der Waals surface area contributed by atoms with Crippen molar-refractivity contribution in [2.24, 2.45) is 0 Å². The molecule has 6 nitrogen and oxygen atoms in total. The number of rotatable bonds is 6. The van der Waals surface area contributed by atoms with Gasteiger partial charge in [-0.05, 0) is 29.8 Å². The maximum atomic E-state index is 13.8. The van der Waals surface area contributed by atoms with Gasteiger partial charge in [-0.15, -0.1) is 0 Å². The van der Waals surface area contributed by atoms with Gasteiger partial charge in [0.05, 0.1) is 16.8 Å². The molecule has 2 aromatic carbocycles. The minimum atomic E-state index is -0.383. The first kappa shape index (κ1) is 19.3. The minimum Gasteiger partial charge on any atom is -0.486 e. The van der Waals surface area contributed by atoms with Gasteiger partial charge in [-0.1, -0.05) is 23.7 Å². The Balaban J connectivity index is 1.31. The van der Waals surface area contributed by atoms with Crippen molar-refractivity contribution in [3.05, 3.63) is 64.9 Å². The van der Waals surface area contributed by atoms with E-state index in [1.54, 1.807) is 30.3 Å². The van der Waals surface area contributed by atoms with Crippen molar-refractivity contribution in [2.75, 3.05) is 13.2 Å². The van der Waals surface area contributed by atoms with Crippen LogP contribution in [0.5, 0.6) is 11.5 Å². The minimum absolute atomic E-state index is 0.165. The molecule has 2 heterocycles. The molecule has 4 rings (SSSR count). The van der Waals surface area contributed by atoms with Gasteiger partial charge < -0.3 is 19.2 Å². The predicted molar refractivity (Wildman–Crippen MR) is 105 cm³/mol. The van der Waals surface area contributed by atoms with Gasteiger partial charge in [0.1, 0.15) is 19.0 Å². The van der Waals surface area contributed by atoms with Crippen molar-refractivity contribution >= 4 is 17.5 Å². The van der Waals surface area contributed by atoms with Crippen molar-refractivity contribution in [3.63, 3.8) is 0 Å². The van der Waals surface area contributed by atoms with Crippen LogP contribution in [0.3, 0.4) is 0 Å². The molecular formula is C21H18ClFN2O4. The first-order chi connectivity index (χ1) is 14.1. The first-order valence-electron chi connectivity index (χ1n) is 9.14. The maximum absolute atomic E-state index is 13.8.